The normalized spacial score (nSPS) is 28.4. The highest BCUT2D eigenvalue weighted by atomic mass is 16.7. The van der Waals surface area contributed by atoms with Crippen LogP contribution in [0, 0.1) is 5.92 Å². The van der Waals surface area contributed by atoms with Crippen LogP contribution in [-0.2, 0) is 14.2 Å². The molecule has 6 atom stereocenters. The van der Waals surface area contributed by atoms with E-state index in [-0.39, 0.29) is 29.6 Å². The lowest BCUT2D eigenvalue weighted by Crippen LogP contribution is -2.60. The second-order valence-electron chi connectivity index (χ2n) is 7.84. The molecule has 3 rings (SSSR count). The van der Waals surface area contributed by atoms with Gasteiger partial charge < -0.3 is 44.5 Å². The fraction of sp³-hybridized carbons (Fsp3) is 0.417. The number of ether oxygens (including phenoxy) is 4. The zero-order valence-electron chi connectivity index (χ0n) is 18.9. The molecule has 11 nitrogen and oxygen atoms in total. The van der Waals surface area contributed by atoms with E-state index in [0.29, 0.717) is 12.2 Å². The highest BCUT2D eigenvalue weighted by Crippen LogP contribution is 2.32. The average Bonchev–Trinajstić information content (AvgIpc) is 2.84. The van der Waals surface area contributed by atoms with Crippen LogP contribution in [0.5, 0.6) is 11.5 Å². The van der Waals surface area contributed by atoms with Gasteiger partial charge in [-0.2, -0.15) is 0 Å². The van der Waals surface area contributed by atoms with Crippen LogP contribution in [0.3, 0.4) is 0 Å². The predicted octanol–water partition coefficient (Wildman–Crippen LogP) is 0.943. The van der Waals surface area contributed by atoms with Crippen molar-refractivity contribution in [1.29, 1.82) is 0 Å². The lowest BCUT2D eigenvalue weighted by Gasteiger charge is -2.39. The summed E-state index contributed by atoms with van der Waals surface area (Å²) in [6.07, 6.45) is -0.162. The number of hydrogen-bond donors (Lipinski definition) is 5. The number of aliphatic hydroxyl groups excluding tert-OH is 4. The lowest BCUT2D eigenvalue weighted by atomic mass is 9.98. The predicted molar refractivity (Wildman–Crippen MR) is 119 cm³/mol. The first-order valence-corrected chi connectivity index (χ1v) is 11.0. The zero-order chi connectivity index (χ0) is 25.5. The first kappa shape index (κ1) is 26.4. The number of ketones is 1. The quantitative estimate of drug-likeness (QED) is 0.199. The monoisotopic (exact) mass is 492 g/mol. The van der Waals surface area contributed by atoms with Gasteiger partial charge in [0.1, 0.15) is 47.2 Å². The van der Waals surface area contributed by atoms with Crippen LogP contribution in [0.2, 0.25) is 0 Å². The van der Waals surface area contributed by atoms with Crippen molar-refractivity contribution in [3.8, 4) is 11.5 Å². The van der Waals surface area contributed by atoms with Crippen molar-refractivity contribution < 1.29 is 54.1 Å². The molecule has 0 amide bonds. The molecule has 2 aliphatic rings. The van der Waals surface area contributed by atoms with Gasteiger partial charge in [-0.15, -0.1) is 0 Å². The van der Waals surface area contributed by atoms with E-state index >= 15 is 0 Å². The third-order valence-electron chi connectivity index (χ3n) is 5.40. The van der Waals surface area contributed by atoms with Gasteiger partial charge in [-0.25, -0.2) is 4.79 Å². The van der Waals surface area contributed by atoms with E-state index in [0.717, 1.165) is 0 Å². The highest BCUT2D eigenvalue weighted by molar-refractivity contribution is 6.08. The molecule has 0 radical (unpaired) electrons. The molecule has 1 saturated heterocycles. The summed E-state index contributed by atoms with van der Waals surface area (Å²) in [6.45, 7) is 1.21. The summed E-state index contributed by atoms with van der Waals surface area (Å²) in [4.78, 5) is 24.3. The van der Waals surface area contributed by atoms with Crippen LogP contribution in [0.1, 0.15) is 23.7 Å². The molecule has 1 aliphatic carbocycles. The fourth-order valence-electron chi connectivity index (χ4n) is 3.53. The van der Waals surface area contributed by atoms with Gasteiger partial charge >= 0.3 is 6.16 Å². The van der Waals surface area contributed by atoms with Gasteiger partial charge in [-0.1, -0.05) is 18.2 Å². The van der Waals surface area contributed by atoms with Gasteiger partial charge in [0.2, 0.25) is 6.29 Å². The minimum atomic E-state index is -1.68. The standard InChI is InChI=1S/C24H28O11/c1-2-32-24(31)33-14-9-6-13(7-10-14)8-11-16(27)19-15(26)4-3-5-17(19)34-23-22(30)21(29)20(28)18(12-25)35-23/h3-6,8-11,13,18,20-23,25-26,28-30H,2,7,12H2,1H3/t13?,18-,20-,21+,22-,23-/m1/s1. The van der Waals surface area contributed by atoms with E-state index in [4.69, 9.17) is 18.9 Å². The van der Waals surface area contributed by atoms with Gasteiger partial charge in [0.05, 0.1) is 13.2 Å². The Morgan fingerprint density at radius 3 is 2.60 bits per heavy atom. The largest absolute Gasteiger partial charge is 0.513 e. The summed E-state index contributed by atoms with van der Waals surface area (Å²) in [6, 6.07) is 4.06. The van der Waals surface area contributed by atoms with Crippen LogP contribution in [0.4, 0.5) is 4.79 Å². The molecule has 1 heterocycles. The van der Waals surface area contributed by atoms with Crippen molar-refractivity contribution >= 4 is 11.9 Å². The molecule has 190 valence electrons. The molecule has 1 aromatic carbocycles. The van der Waals surface area contributed by atoms with E-state index in [1.807, 2.05) is 0 Å². The van der Waals surface area contributed by atoms with E-state index in [1.165, 1.54) is 24.3 Å². The summed E-state index contributed by atoms with van der Waals surface area (Å²) < 4.78 is 20.6. The number of hydrogen-bond acceptors (Lipinski definition) is 11. The van der Waals surface area contributed by atoms with Crippen LogP contribution in [-0.4, -0.2) is 81.4 Å². The molecular weight excluding hydrogens is 464 g/mol. The number of benzene rings is 1. The number of phenols is 1. The molecule has 0 spiro atoms. The minimum absolute atomic E-state index is 0.131. The number of phenolic OH excluding ortho intramolecular Hbond substituents is 1. The third-order valence-corrected chi connectivity index (χ3v) is 5.40. The van der Waals surface area contributed by atoms with Crippen molar-refractivity contribution in [2.24, 2.45) is 5.92 Å². The van der Waals surface area contributed by atoms with E-state index in [2.05, 4.69) is 0 Å². The highest BCUT2D eigenvalue weighted by Gasteiger charge is 2.45. The molecule has 1 aromatic rings. The van der Waals surface area contributed by atoms with Crippen molar-refractivity contribution in [2.45, 2.75) is 44.1 Å². The lowest BCUT2D eigenvalue weighted by molar-refractivity contribution is -0.277. The number of aromatic hydroxyl groups is 1. The SMILES string of the molecule is CCOC(=O)OC1=CCC(C=CC(=O)c2c(O)cccc2O[C@@H]2O[C@H](CO)[C@@H](O)[C@H](O)[C@H]2O)C=C1. The molecular formula is C24H28O11. The summed E-state index contributed by atoms with van der Waals surface area (Å²) in [5.41, 5.74) is -0.206. The molecule has 0 aromatic heterocycles. The Morgan fingerprint density at radius 1 is 1.17 bits per heavy atom. The van der Waals surface area contributed by atoms with Crippen LogP contribution in [0.25, 0.3) is 0 Å². The van der Waals surface area contributed by atoms with Gasteiger partial charge in [-0.3, -0.25) is 4.79 Å². The Morgan fingerprint density at radius 2 is 1.94 bits per heavy atom. The fourth-order valence-corrected chi connectivity index (χ4v) is 3.53. The number of allylic oxidation sites excluding steroid dienone is 5. The third kappa shape index (κ3) is 6.47. The summed E-state index contributed by atoms with van der Waals surface area (Å²) in [5, 5.41) is 49.7. The smallest absolute Gasteiger partial charge is 0.507 e. The topological polar surface area (TPSA) is 172 Å². The maximum absolute atomic E-state index is 12.9. The van der Waals surface area contributed by atoms with Crippen molar-refractivity contribution in [3.05, 3.63) is 59.9 Å². The van der Waals surface area contributed by atoms with E-state index in [9.17, 15) is 35.1 Å². The molecule has 0 bridgehead atoms. The van der Waals surface area contributed by atoms with Crippen molar-refractivity contribution in [2.75, 3.05) is 13.2 Å². The van der Waals surface area contributed by atoms with Crippen molar-refractivity contribution in [3.63, 3.8) is 0 Å². The van der Waals surface area contributed by atoms with Crippen LogP contribution < -0.4 is 4.74 Å². The molecule has 0 saturated carbocycles. The van der Waals surface area contributed by atoms with Crippen LogP contribution in [0.15, 0.2) is 54.3 Å². The molecule has 1 fully saturated rings. The Hall–Kier alpha value is -3.22. The Labute approximate surface area is 201 Å². The zero-order valence-corrected chi connectivity index (χ0v) is 18.9. The van der Waals surface area contributed by atoms with Crippen LogP contribution >= 0.6 is 0 Å². The molecule has 35 heavy (non-hydrogen) atoms. The van der Waals surface area contributed by atoms with Gasteiger partial charge in [0, 0.05) is 0 Å². The summed E-state index contributed by atoms with van der Waals surface area (Å²) in [5.74, 6) is -0.975. The maximum Gasteiger partial charge on any atom is 0.513 e. The minimum Gasteiger partial charge on any atom is -0.507 e. The number of rotatable bonds is 8. The van der Waals surface area contributed by atoms with Crippen molar-refractivity contribution in [1.82, 2.24) is 0 Å². The summed E-state index contributed by atoms with van der Waals surface area (Å²) in [7, 11) is 0. The van der Waals surface area contributed by atoms with E-state index in [1.54, 1.807) is 31.2 Å². The first-order chi connectivity index (χ1) is 16.7. The molecule has 11 heteroatoms. The number of aliphatic hydroxyl groups is 4. The van der Waals surface area contributed by atoms with Gasteiger partial charge in [0.25, 0.3) is 0 Å². The Balaban J connectivity index is 1.69. The average molecular weight is 492 g/mol. The second kappa shape index (κ2) is 12.0. The Bertz CT molecular complexity index is 997. The number of carbonyl (C=O) groups is 2. The second-order valence-corrected chi connectivity index (χ2v) is 7.84. The van der Waals surface area contributed by atoms with Gasteiger partial charge in [-0.05, 0) is 49.6 Å². The number of carbonyl (C=O) groups excluding carboxylic acids is 2. The first-order valence-electron chi connectivity index (χ1n) is 11.0. The summed E-state index contributed by atoms with van der Waals surface area (Å²) >= 11 is 0. The molecule has 1 unspecified atom stereocenters. The van der Waals surface area contributed by atoms with Gasteiger partial charge in [0.15, 0.2) is 5.78 Å². The molecule has 5 N–H and O–H groups in total. The molecule has 1 aliphatic heterocycles. The van der Waals surface area contributed by atoms with E-state index < -0.39 is 49.3 Å². The maximum atomic E-state index is 12.9. The Kier molecular flexibility index (Phi) is 9.01.